The van der Waals surface area contributed by atoms with Gasteiger partial charge in [0.2, 0.25) is 5.75 Å². The fraction of sp³-hybridized carbons (Fsp3) is 0.394. The Bertz CT molecular complexity index is 1390. The smallest absolute Gasteiger partial charge is 0.399 e. The van der Waals surface area contributed by atoms with Crippen molar-refractivity contribution in [3.8, 4) is 16.9 Å². The number of rotatable bonds is 10. The maximum absolute atomic E-state index is 15.2. The Morgan fingerprint density at radius 2 is 1.37 bits per heavy atom. The van der Waals surface area contributed by atoms with Crippen LogP contribution < -0.4 is 4.74 Å². The molecule has 1 saturated carbocycles. The lowest BCUT2D eigenvalue weighted by Gasteiger charge is -2.29. The Labute approximate surface area is 244 Å². The largest absolute Gasteiger partial charge is 0.573 e. The van der Waals surface area contributed by atoms with Crippen molar-refractivity contribution in [2.45, 2.75) is 77.0 Å². The second-order valence-corrected chi connectivity index (χ2v) is 10.9. The monoisotopic (exact) mass is 614 g/mol. The number of hydrogen-bond donors (Lipinski definition) is 0. The Hall–Kier alpha value is -3.43. The van der Waals surface area contributed by atoms with Crippen LogP contribution in [0.4, 0.5) is 39.5 Å². The number of alkyl halides is 3. The molecular formula is C33H31F9O. The van der Waals surface area contributed by atoms with Crippen molar-refractivity contribution in [2.75, 3.05) is 0 Å². The molecule has 0 radical (unpaired) electrons. The summed E-state index contributed by atoms with van der Waals surface area (Å²) in [6.45, 7) is 1.87. The van der Waals surface area contributed by atoms with Crippen LogP contribution in [-0.2, 0) is 6.42 Å². The number of halogens is 9. The molecule has 10 heteroatoms. The molecule has 0 atom stereocenters. The molecule has 0 amide bonds. The van der Waals surface area contributed by atoms with Gasteiger partial charge in [-0.3, -0.25) is 0 Å². The van der Waals surface area contributed by atoms with Crippen molar-refractivity contribution in [3.05, 3.63) is 94.3 Å². The Kier molecular flexibility index (Phi) is 10.5. The molecule has 0 saturated heterocycles. The van der Waals surface area contributed by atoms with Gasteiger partial charge < -0.3 is 4.74 Å². The van der Waals surface area contributed by atoms with Crippen LogP contribution in [0, 0.1) is 29.2 Å². The quantitative estimate of drug-likeness (QED) is 0.207. The first-order valence-electron chi connectivity index (χ1n) is 14.2. The van der Waals surface area contributed by atoms with E-state index >= 15 is 8.78 Å². The predicted molar refractivity (Wildman–Crippen MR) is 147 cm³/mol. The topological polar surface area (TPSA) is 9.23 Å². The van der Waals surface area contributed by atoms with Gasteiger partial charge in [0.25, 0.3) is 0 Å². The second-order valence-electron chi connectivity index (χ2n) is 10.9. The number of unbranched alkanes of at least 4 members (excludes halogenated alkanes) is 1. The molecule has 0 spiro atoms. The van der Waals surface area contributed by atoms with Gasteiger partial charge in [-0.05, 0) is 97.7 Å². The third-order valence-electron chi connectivity index (χ3n) is 7.91. The summed E-state index contributed by atoms with van der Waals surface area (Å²) in [6.07, 6.45) is -1.05. The molecular weight excluding hydrogens is 583 g/mol. The van der Waals surface area contributed by atoms with E-state index in [2.05, 4.69) is 4.74 Å². The summed E-state index contributed by atoms with van der Waals surface area (Å²) in [7, 11) is 0. The molecule has 1 fully saturated rings. The number of benzene rings is 3. The summed E-state index contributed by atoms with van der Waals surface area (Å²) in [5, 5.41) is 0. The van der Waals surface area contributed by atoms with Crippen molar-refractivity contribution < 1.29 is 44.3 Å². The first-order valence-corrected chi connectivity index (χ1v) is 14.2. The van der Waals surface area contributed by atoms with Crippen LogP contribution in [0.5, 0.6) is 5.75 Å². The maximum atomic E-state index is 15.2. The number of hydrogen-bond acceptors (Lipinski definition) is 1. The molecule has 0 bridgehead atoms. The molecule has 1 nitrogen and oxygen atoms in total. The lowest BCUT2D eigenvalue weighted by Crippen LogP contribution is -2.19. The van der Waals surface area contributed by atoms with E-state index < -0.39 is 47.0 Å². The van der Waals surface area contributed by atoms with Gasteiger partial charge in [-0.15, -0.1) is 13.2 Å². The highest BCUT2D eigenvalue weighted by atomic mass is 19.4. The van der Waals surface area contributed by atoms with Crippen LogP contribution in [0.3, 0.4) is 0 Å². The van der Waals surface area contributed by atoms with E-state index in [1.165, 1.54) is 36.4 Å². The molecule has 0 aromatic heterocycles. The summed E-state index contributed by atoms with van der Waals surface area (Å²) in [6, 6.07) is 9.78. The van der Waals surface area contributed by atoms with Crippen LogP contribution in [0.15, 0.2) is 54.4 Å². The first-order chi connectivity index (χ1) is 20.4. The first kappa shape index (κ1) is 32.5. The number of aryl methyl sites for hydroxylation is 1. The number of allylic oxidation sites excluding steroid dienone is 1. The fourth-order valence-corrected chi connectivity index (χ4v) is 5.63. The summed E-state index contributed by atoms with van der Waals surface area (Å²) in [4.78, 5) is 0. The highest BCUT2D eigenvalue weighted by Gasteiger charge is 2.34. The normalized spacial score (nSPS) is 18.0. The zero-order chi connectivity index (χ0) is 31.3. The summed E-state index contributed by atoms with van der Waals surface area (Å²) < 4.78 is 127. The minimum atomic E-state index is -5.22. The third kappa shape index (κ3) is 8.36. The van der Waals surface area contributed by atoms with Gasteiger partial charge in [0.05, 0.1) is 0 Å². The van der Waals surface area contributed by atoms with Gasteiger partial charge in [0, 0.05) is 17.5 Å². The molecule has 1 aliphatic rings. The van der Waals surface area contributed by atoms with Crippen LogP contribution in [-0.4, -0.2) is 6.36 Å². The SMILES string of the molecule is CCCCC(F)=C(F)c1ccc(-c2cc(F)c(C3CCC(CCc4cc(F)c(OC(F)(F)F)c(F)c4)CC3)c(F)c2)cc1. The van der Waals surface area contributed by atoms with E-state index in [-0.39, 0.29) is 46.9 Å². The van der Waals surface area contributed by atoms with Gasteiger partial charge in [0.15, 0.2) is 17.5 Å². The van der Waals surface area contributed by atoms with Crippen molar-refractivity contribution in [1.82, 2.24) is 0 Å². The molecule has 0 aliphatic heterocycles. The highest BCUT2D eigenvalue weighted by molar-refractivity contribution is 5.69. The third-order valence-corrected chi connectivity index (χ3v) is 7.91. The van der Waals surface area contributed by atoms with Crippen LogP contribution in [0.2, 0.25) is 0 Å². The predicted octanol–water partition coefficient (Wildman–Crippen LogP) is 11.5. The zero-order valence-electron chi connectivity index (χ0n) is 23.4. The van der Waals surface area contributed by atoms with Crippen molar-refractivity contribution >= 4 is 5.83 Å². The lowest BCUT2D eigenvalue weighted by atomic mass is 9.76. The van der Waals surface area contributed by atoms with E-state index in [0.717, 1.165) is 18.6 Å². The van der Waals surface area contributed by atoms with E-state index in [0.29, 0.717) is 44.1 Å². The van der Waals surface area contributed by atoms with Crippen molar-refractivity contribution in [3.63, 3.8) is 0 Å². The average molecular weight is 615 g/mol. The summed E-state index contributed by atoms with van der Waals surface area (Å²) in [5.41, 5.74) is 0.933. The number of ether oxygens (including phenoxy) is 1. The van der Waals surface area contributed by atoms with Gasteiger partial charge in [-0.25, -0.2) is 26.3 Å². The highest BCUT2D eigenvalue weighted by Crippen LogP contribution is 2.41. The molecule has 0 unspecified atom stereocenters. The Balaban J connectivity index is 1.36. The Morgan fingerprint density at radius 3 is 1.91 bits per heavy atom. The van der Waals surface area contributed by atoms with Gasteiger partial charge in [0.1, 0.15) is 17.5 Å². The fourth-order valence-electron chi connectivity index (χ4n) is 5.63. The van der Waals surface area contributed by atoms with Gasteiger partial charge in [-0.1, -0.05) is 37.6 Å². The van der Waals surface area contributed by atoms with E-state index in [1.807, 2.05) is 6.92 Å². The molecule has 0 N–H and O–H groups in total. The van der Waals surface area contributed by atoms with Crippen LogP contribution in [0.25, 0.3) is 17.0 Å². The lowest BCUT2D eigenvalue weighted by molar-refractivity contribution is -0.276. The maximum Gasteiger partial charge on any atom is 0.573 e. The molecule has 3 aromatic carbocycles. The molecule has 4 rings (SSSR count). The molecule has 1 aliphatic carbocycles. The summed E-state index contributed by atoms with van der Waals surface area (Å²) in [5.74, 6) is -7.83. The second kappa shape index (κ2) is 13.9. The molecule has 0 heterocycles. The Morgan fingerprint density at radius 1 is 0.791 bits per heavy atom. The van der Waals surface area contributed by atoms with Crippen LogP contribution >= 0.6 is 0 Å². The van der Waals surface area contributed by atoms with E-state index in [4.69, 9.17) is 0 Å². The van der Waals surface area contributed by atoms with E-state index in [1.54, 1.807) is 0 Å². The zero-order valence-corrected chi connectivity index (χ0v) is 23.4. The van der Waals surface area contributed by atoms with Crippen LogP contribution in [0.1, 0.15) is 80.9 Å². The molecule has 43 heavy (non-hydrogen) atoms. The molecule has 232 valence electrons. The minimum Gasteiger partial charge on any atom is -0.399 e. The van der Waals surface area contributed by atoms with E-state index in [9.17, 15) is 30.7 Å². The minimum absolute atomic E-state index is 0.00181. The standard InChI is InChI=1S/C33H31F9O/c1-2-3-4-25(34)31(39)23-13-11-21(12-14-23)24-17-26(35)30(27(36)18-24)22-9-7-19(8-10-22)5-6-20-15-28(37)32(29(38)16-20)43-33(40,41)42/h11-19,22H,2-10H2,1H3. The molecule has 3 aromatic rings. The summed E-state index contributed by atoms with van der Waals surface area (Å²) >= 11 is 0. The van der Waals surface area contributed by atoms with Gasteiger partial charge >= 0.3 is 6.36 Å². The van der Waals surface area contributed by atoms with Gasteiger partial charge in [-0.2, -0.15) is 0 Å². The average Bonchev–Trinajstić information content (AvgIpc) is 2.96. The van der Waals surface area contributed by atoms with Crippen molar-refractivity contribution in [1.29, 1.82) is 0 Å². The van der Waals surface area contributed by atoms with Crippen molar-refractivity contribution in [2.24, 2.45) is 5.92 Å².